The molecule has 0 unspecified atom stereocenters. The van der Waals surface area contributed by atoms with Crippen LogP contribution in [-0.2, 0) is 0 Å². The first kappa shape index (κ1) is 24.1. The van der Waals surface area contributed by atoms with E-state index in [1.165, 1.54) is 38.0 Å². The van der Waals surface area contributed by atoms with Crippen LogP contribution in [0.25, 0.3) is 0 Å². The number of rotatable bonds is 6. The van der Waals surface area contributed by atoms with Gasteiger partial charge in [0.2, 0.25) is 0 Å². The van der Waals surface area contributed by atoms with Gasteiger partial charge in [0.25, 0.3) is 5.91 Å². The summed E-state index contributed by atoms with van der Waals surface area (Å²) in [6.07, 6.45) is 8.69. The van der Waals surface area contributed by atoms with Crippen LogP contribution in [0.5, 0.6) is 0 Å². The fourth-order valence-corrected chi connectivity index (χ4v) is 3.18. The molecule has 0 aromatic heterocycles. The molecule has 2 rings (SSSR count). The largest absolute Gasteiger partial charge is 0.384 e. The molecular weight excluding hydrogens is 355 g/mol. The molecular formula is C20H29Cl2N2O. The summed E-state index contributed by atoms with van der Waals surface area (Å²) < 4.78 is 0. The van der Waals surface area contributed by atoms with Gasteiger partial charge in [0.05, 0.1) is 10.6 Å². The highest BCUT2D eigenvalue weighted by Crippen LogP contribution is 2.24. The van der Waals surface area contributed by atoms with Crippen LogP contribution < -0.4 is 10.6 Å². The average molecular weight is 384 g/mol. The standard InChI is InChI=1S/C18H25Cl2N2O.2CH2/c19-10-11-21-15-8-9-17(20)16(12-15)18(23)22-13-14-6-4-2-1-3-5-7-14;;/h8-9,12,21H,1-7,10-11,13H2,(H,22,23);2*1H2. The van der Waals surface area contributed by atoms with Gasteiger partial charge in [-0.25, -0.2) is 0 Å². The predicted octanol–water partition coefficient (Wildman–Crippen LogP) is 5.69. The lowest BCUT2D eigenvalue weighted by molar-refractivity contribution is 0.0954. The molecule has 5 heteroatoms. The topological polar surface area (TPSA) is 41.1 Å². The normalized spacial score (nSPS) is 15.1. The lowest BCUT2D eigenvalue weighted by Crippen LogP contribution is -2.29. The van der Waals surface area contributed by atoms with E-state index in [1.807, 2.05) is 6.07 Å². The van der Waals surface area contributed by atoms with Crippen molar-refractivity contribution >= 4 is 34.8 Å². The van der Waals surface area contributed by atoms with E-state index in [4.69, 9.17) is 23.2 Å². The van der Waals surface area contributed by atoms with Gasteiger partial charge in [0.15, 0.2) is 0 Å². The lowest BCUT2D eigenvalue weighted by atomic mass is 9.91. The number of alkyl halides is 1. The molecule has 1 amide bonds. The van der Waals surface area contributed by atoms with E-state index < -0.39 is 0 Å². The molecule has 1 aromatic rings. The number of hydrogen-bond donors (Lipinski definition) is 2. The summed E-state index contributed by atoms with van der Waals surface area (Å²) >= 11 is 11.8. The Labute approximate surface area is 163 Å². The number of carbonyl (C=O) groups is 1. The number of halogens is 2. The Hall–Kier alpha value is -0.930. The number of amides is 1. The minimum Gasteiger partial charge on any atom is -0.384 e. The van der Waals surface area contributed by atoms with Crippen LogP contribution >= 0.6 is 23.2 Å². The van der Waals surface area contributed by atoms with Crippen molar-refractivity contribution in [3.05, 3.63) is 49.6 Å². The molecule has 1 aliphatic carbocycles. The van der Waals surface area contributed by atoms with E-state index in [2.05, 4.69) is 10.6 Å². The third-order valence-electron chi connectivity index (χ3n) is 4.19. The second-order valence-corrected chi connectivity index (χ2v) is 6.80. The Kier molecular flexibility index (Phi) is 12.8. The first-order valence-electron chi connectivity index (χ1n) is 8.42. The number of hydrogen-bond acceptors (Lipinski definition) is 2. The Morgan fingerprint density at radius 1 is 1.04 bits per heavy atom. The van der Waals surface area contributed by atoms with Gasteiger partial charge in [0, 0.05) is 24.7 Å². The maximum Gasteiger partial charge on any atom is 0.252 e. The molecule has 3 nitrogen and oxygen atoms in total. The molecule has 2 N–H and O–H groups in total. The summed E-state index contributed by atoms with van der Waals surface area (Å²) in [5, 5.41) is 6.66. The third-order valence-corrected chi connectivity index (χ3v) is 4.71. The van der Waals surface area contributed by atoms with Crippen molar-refractivity contribution in [1.29, 1.82) is 0 Å². The fraction of sp³-hybridized carbons (Fsp3) is 0.500. The molecule has 0 bridgehead atoms. The van der Waals surface area contributed by atoms with Crippen molar-refractivity contribution in [2.24, 2.45) is 0 Å². The number of nitrogens with one attached hydrogen (secondary N) is 2. The van der Waals surface area contributed by atoms with Crippen LogP contribution in [0.1, 0.15) is 55.3 Å². The first-order chi connectivity index (χ1) is 11.2. The summed E-state index contributed by atoms with van der Waals surface area (Å²) in [5.74, 6) is 1.85. The van der Waals surface area contributed by atoms with Gasteiger partial charge in [-0.3, -0.25) is 4.79 Å². The van der Waals surface area contributed by atoms with Crippen molar-refractivity contribution < 1.29 is 4.79 Å². The smallest absolute Gasteiger partial charge is 0.252 e. The highest BCUT2D eigenvalue weighted by atomic mass is 35.5. The molecule has 0 heterocycles. The lowest BCUT2D eigenvalue weighted by Gasteiger charge is -2.19. The number of carbonyl (C=O) groups excluding carboxylic acids is 1. The van der Waals surface area contributed by atoms with Crippen LogP contribution in [0.3, 0.4) is 0 Å². The minimum absolute atomic E-state index is 0. The van der Waals surface area contributed by atoms with Gasteiger partial charge < -0.3 is 10.6 Å². The van der Waals surface area contributed by atoms with E-state index in [-0.39, 0.29) is 20.8 Å². The summed E-state index contributed by atoms with van der Waals surface area (Å²) in [5.41, 5.74) is 1.37. The van der Waals surface area contributed by atoms with Crippen LogP contribution in [0.15, 0.2) is 18.2 Å². The first-order valence-corrected chi connectivity index (χ1v) is 9.33. The van der Waals surface area contributed by atoms with Crippen LogP contribution in [-0.4, -0.2) is 24.9 Å². The fourth-order valence-electron chi connectivity index (χ4n) is 2.88. The van der Waals surface area contributed by atoms with Crippen molar-refractivity contribution in [3.63, 3.8) is 0 Å². The maximum absolute atomic E-state index is 12.4. The number of benzene rings is 1. The molecule has 1 aromatic carbocycles. The second-order valence-electron chi connectivity index (χ2n) is 6.01. The molecule has 25 heavy (non-hydrogen) atoms. The molecule has 0 spiro atoms. The molecule has 0 atom stereocenters. The van der Waals surface area contributed by atoms with Gasteiger partial charge in [-0.05, 0) is 37.0 Å². The Morgan fingerprint density at radius 2 is 1.68 bits per heavy atom. The zero-order chi connectivity index (χ0) is 16.5. The van der Waals surface area contributed by atoms with E-state index >= 15 is 0 Å². The van der Waals surface area contributed by atoms with E-state index in [0.717, 1.165) is 18.5 Å². The Morgan fingerprint density at radius 3 is 2.32 bits per heavy atom. The Balaban J connectivity index is 0.00000288. The van der Waals surface area contributed by atoms with Crippen molar-refractivity contribution in [1.82, 2.24) is 5.32 Å². The van der Waals surface area contributed by atoms with E-state index in [0.29, 0.717) is 29.6 Å². The van der Waals surface area contributed by atoms with Gasteiger partial charge in [-0.15, -0.1) is 11.6 Å². The van der Waals surface area contributed by atoms with Gasteiger partial charge in [-0.2, -0.15) is 0 Å². The SMILES string of the molecule is O=C(NC[C]1CCCCCCC1)c1cc(NCCCl)ccc1Cl.[CH2].[CH2]. The molecule has 1 aliphatic rings. The second kappa shape index (κ2) is 13.3. The van der Waals surface area contributed by atoms with Gasteiger partial charge >= 0.3 is 0 Å². The quantitative estimate of drug-likeness (QED) is 0.619. The average Bonchev–Trinajstić information content (AvgIpc) is 2.52. The van der Waals surface area contributed by atoms with Crippen molar-refractivity contribution in [3.8, 4) is 0 Å². The van der Waals surface area contributed by atoms with Crippen molar-refractivity contribution in [2.45, 2.75) is 44.9 Å². The summed E-state index contributed by atoms with van der Waals surface area (Å²) in [6, 6.07) is 5.39. The molecule has 0 aliphatic heterocycles. The predicted molar refractivity (Wildman–Crippen MR) is 109 cm³/mol. The van der Waals surface area contributed by atoms with Gasteiger partial charge in [-0.1, -0.05) is 58.6 Å². The van der Waals surface area contributed by atoms with E-state index in [9.17, 15) is 4.79 Å². The highest BCUT2D eigenvalue weighted by molar-refractivity contribution is 6.34. The molecule has 139 valence electrons. The minimum atomic E-state index is -0.112. The highest BCUT2D eigenvalue weighted by Gasteiger charge is 2.16. The van der Waals surface area contributed by atoms with Crippen LogP contribution in [0.4, 0.5) is 5.69 Å². The van der Waals surface area contributed by atoms with Crippen LogP contribution in [0.2, 0.25) is 5.02 Å². The zero-order valence-electron chi connectivity index (χ0n) is 14.9. The zero-order valence-corrected chi connectivity index (χ0v) is 16.4. The summed E-state index contributed by atoms with van der Waals surface area (Å²) in [4.78, 5) is 12.4. The monoisotopic (exact) mass is 383 g/mol. The van der Waals surface area contributed by atoms with Crippen molar-refractivity contribution in [2.75, 3.05) is 24.3 Å². The molecule has 0 saturated heterocycles. The Bertz CT molecular complexity index is 500. The van der Waals surface area contributed by atoms with Gasteiger partial charge in [0.1, 0.15) is 0 Å². The summed E-state index contributed by atoms with van der Waals surface area (Å²) in [6.45, 7) is 1.32. The van der Waals surface area contributed by atoms with E-state index in [1.54, 1.807) is 12.1 Å². The van der Waals surface area contributed by atoms with Crippen LogP contribution in [0, 0.1) is 20.8 Å². The molecule has 1 fully saturated rings. The maximum atomic E-state index is 12.4. The summed E-state index contributed by atoms with van der Waals surface area (Å²) in [7, 11) is 0. The molecule has 5 radical (unpaired) electrons. The number of anilines is 1. The molecule has 1 saturated carbocycles. The third kappa shape index (κ3) is 8.33.